The van der Waals surface area contributed by atoms with Crippen molar-refractivity contribution in [3.63, 3.8) is 0 Å². The van der Waals surface area contributed by atoms with Crippen LogP contribution in [0.25, 0.3) is 0 Å². The summed E-state index contributed by atoms with van der Waals surface area (Å²) in [6, 6.07) is 0. The van der Waals surface area contributed by atoms with Gasteiger partial charge in [0.15, 0.2) is 6.29 Å². The first-order valence-corrected chi connectivity index (χ1v) is 5.26. The molecule has 0 bridgehead atoms. The van der Waals surface area contributed by atoms with E-state index in [1.165, 1.54) is 0 Å². The van der Waals surface area contributed by atoms with Gasteiger partial charge in [0.2, 0.25) is 0 Å². The summed E-state index contributed by atoms with van der Waals surface area (Å²) in [5, 5.41) is 8.89. The lowest BCUT2D eigenvalue weighted by atomic mass is 10.4. The second-order valence-electron chi connectivity index (χ2n) is 2.90. The highest BCUT2D eigenvalue weighted by Gasteiger charge is 2.06. The van der Waals surface area contributed by atoms with Gasteiger partial charge in [0.05, 0.1) is 19.8 Å². The van der Waals surface area contributed by atoms with Crippen molar-refractivity contribution >= 4 is 0 Å². The summed E-state index contributed by atoms with van der Waals surface area (Å²) in [6.45, 7) is 6.25. The first-order valence-electron chi connectivity index (χ1n) is 5.26. The zero-order chi connectivity index (χ0) is 10.6. The van der Waals surface area contributed by atoms with Crippen LogP contribution in [0, 0.1) is 0 Å². The molecule has 0 aromatic rings. The molecular formula is C10H22O4. The number of rotatable bonds is 10. The Kier molecular flexibility index (Phi) is 10.8. The van der Waals surface area contributed by atoms with Crippen LogP contribution in [-0.4, -0.2) is 44.4 Å². The van der Waals surface area contributed by atoms with Crippen LogP contribution in [0.5, 0.6) is 0 Å². The summed E-state index contributed by atoms with van der Waals surface area (Å²) in [6.07, 6.45) is 1.57. The van der Waals surface area contributed by atoms with Gasteiger partial charge in [-0.25, -0.2) is 0 Å². The van der Waals surface area contributed by atoms with Gasteiger partial charge in [-0.3, -0.25) is 0 Å². The Bertz CT molecular complexity index is 108. The second kappa shape index (κ2) is 10.9. The van der Waals surface area contributed by atoms with Crippen LogP contribution in [0.3, 0.4) is 0 Å². The smallest absolute Gasteiger partial charge is 0.180 e. The first-order chi connectivity index (χ1) is 6.85. The van der Waals surface area contributed by atoms with Crippen molar-refractivity contribution in [2.24, 2.45) is 0 Å². The van der Waals surface area contributed by atoms with Gasteiger partial charge in [-0.15, -0.1) is 0 Å². The maximum absolute atomic E-state index is 8.89. The molecular weight excluding hydrogens is 184 g/mol. The molecule has 0 fully saturated rings. The molecule has 14 heavy (non-hydrogen) atoms. The molecule has 0 saturated heterocycles. The third-order valence-corrected chi connectivity index (χ3v) is 1.69. The van der Waals surface area contributed by atoms with Gasteiger partial charge in [-0.2, -0.15) is 0 Å². The molecule has 0 heterocycles. The first kappa shape index (κ1) is 13.8. The van der Waals surface area contributed by atoms with E-state index in [1.54, 1.807) is 0 Å². The maximum atomic E-state index is 8.89. The number of hydrogen-bond acceptors (Lipinski definition) is 4. The van der Waals surface area contributed by atoms with E-state index in [0.717, 1.165) is 12.8 Å². The van der Waals surface area contributed by atoms with E-state index in [0.29, 0.717) is 26.4 Å². The lowest BCUT2D eigenvalue weighted by molar-refractivity contribution is -0.169. The van der Waals surface area contributed by atoms with Crippen LogP contribution in [0.4, 0.5) is 0 Å². The average Bonchev–Trinajstić information content (AvgIpc) is 2.22. The highest BCUT2D eigenvalue weighted by atomic mass is 16.7. The zero-order valence-corrected chi connectivity index (χ0v) is 9.20. The minimum atomic E-state index is -0.498. The van der Waals surface area contributed by atoms with Crippen LogP contribution >= 0.6 is 0 Å². The summed E-state index contributed by atoms with van der Waals surface area (Å²) >= 11 is 0. The van der Waals surface area contributed by atoms with Gasteiger partial charge in [0, 0.05) is 13.2 Å². The van der Waals surface area contributed by atoms with Crippen LogP contribution in [-0.2, 0) is 14.2 Å². The monoisotopic (exact) mass is 206 g/mol. The highest BCUT2D eigenvalue weighted by Crippen LogP contribution is 1.97. The Morgan fingerprint density at radius 2 is 1.79 bits per heavy atom. The van der Waals surface area contributed by atoms with Crippen molar-refractivity contribution in [2.45, 2.75) is 33.0 Å². The van der Waals surface area contributed by atoms with Crippen molar-refractivity contribution in [2.75, 3.05) is 33.0 Å². The van der Waals surface area contributed by atoms with Crippen molar-refractivity contribution in [1.29, 1.82) is 0 Å². The Balaban J connectivity index is 3.28. The largest absolute Gasteiger partial charge is 0.391 e. The summed E-state index contributed by atoms with van der Waals surface area (Å²) in [5.74, 6) is 0. The van der Waals surface area contributed by atoms with Crippen molar-refractivity contribution in [3.8, 4) is 0 Å². The van der Waals surface area contributed by atoms with E-state index in [-0.39, 0.29) is 6.61 Å². The number of aliphatic hydroxyl groups excluding tert-OH is 1. The summed E-state index contributed by atoms with van der Waals surface area (Å²) in [4.78, 5) is 0. The third kappa shape index (κ3) is 8.44. The standard InChI is InChI=1S/C10H22O4/c1-3-5-6-13-10(9-11)14-8-7-12-4-2/h10-11H,3-9H2,1-2H3. The van der Waals surface area contributed by atoms with Crippen LogP contribution in [0.15, 0.2) is 0 Å². The van der Waals surface area contributed by atoms with Gasteiger partial charge in [0.1, 0.15) is 0 Å². The third-order valence-electron chi connectivity index (χ3n) is 1.69. The van der Waals surface area contributed by atoms with Gasteiger partial charge in [-0.1, -0.05) is 13.3 Å². The molecule has 86 valence electrons. The molecule has 0 amide bonds. The molecule has 1 unspecified atom stereocenters. The van der Waals surface area contributed by atoms with E-state index in [4.69, 9.17) is 19.3 Å². The minimum absolute atomic E-state index is 0.101. The number of unbranched alkanes of at least 4 members (excludes halogenated alkanes) is 1. The fraction of sp³-hybridized carbons (Fsp3) is 1.00. The molecule has 0 aliphatic carbocycles. The van der Waals surface area contributed by atoms with Gasteiger partial charge < -0.3 is 19.3 Å². The molecule has 0 aromatic heterocycles. The van der Waals surface area contributed by atoms with Crippen LogP contribution < -0.4 is 0 Å². The minimum Gasteiger partial charge on any atom is -0.391 e. The molecule has 1 N–H and O–H groups in total. The number of aliphatic hydroxyl groups is 1. The van der Waals surface area contributed by atoms with Gasteiger partial charge >= 0.3 is 0 Å². The van der Waals surface area contributed by atoms with E-state index in [9.17, 15) is 0 Å². The summed E-state index contributed by atoms with van der Waals surface area (Å²) in [5.41, 5.74) is 0. The molecule has 0 saturated carbocycles. The lowest BCUT2D eigenvalue weighted by Crippen LogP contribution is -2.24. The van der Waals surface area contributed by atoms with Crippen molar-refractivity contribution in [1.82, 2.24) is 0 Å². The van der Waals surface area contributed by atoms with Crippen LogP contribution in [0.1, 0.15) is 26.7 Å². The van der Waals surface area contributed by atoms with E-state index >= 15 is 0 Å². The second-order valence-corrected chi connectivity index (χ2v) is 2.90. The highest BCUT2D eigenvalue weighted by molar-refractivity contribution is 4.41. The van der Waals surface area contributed by atoms with Crippen molar-refractivity contribution in [3.05, 3.63) is 0 Å². The number of ether oxygens (including phenoxy) is 3. The van der Waals surface area contributed by atoms with E-state index in [1.807, 2.05) is 6.92 Å². The normalized spacial score (nSPS) is 13.1. The quantitative estimate of drug-likeness (QED) is 0.430. The SMILES string of the molecule is CCCCOC(CO)OCCOCC. The lowest BCUT2D eigenvalue weighted by Gasteiger charge is -2.15. The van der Waals surface area contributed by atoms with E-state index < -0.39 is 6.29 Å². The summed E-state index contributed by atoms with van der Waals surface area (Å²) < 4.78 is 15.6. The Labute approximate surface area is 86.2 Å². The Hall–Kier alpha value is -0.160. The maximum Gasteiger partial charge on any atom is 0.180 e. The van der Waals surface area contributed by atoms with Crippen molar-refractivity contribution < 1.29 is 19.3 Å². The van der Waals surface area contributed by atoms with Gasteiger partial charge in [-0.05, 0) is 13.3 Å². The Morgan fingerprint density at radius 1 is 1.07 bits per heavy atom. The fourth-order valence-electron chi connectivity index (χ4n) is 0.895. The zero-order valence-electron chi connectivity index (χ0n) is 9.20. The predicted octanol–water partition coefficient (Wildman–Crippen LogP) is 1.17. The molecule has 4 nitrogen and oxygen atoms in total. The Morgan fingerprint density at radius 3 is 2.36 bits per heavy atom. The molecule has 0 radical (unpaired) electrons. The average molecular weight is 206 g/mol. The number of hydrogen-bond donors (Lipinski definition) is 1. The van der Waals surface area contributed by atoms with Crippen LogP contribution in [0.2, 0.25) is 0 Å². The molecule has 0 aliphatic rings. The molecule has 0 aromatic carbocycles. The fourth-order valence-corrected chi connectivity index (χ4v) is 0.895. The predicted molar refractivity (Wildman–Crippen MR) is 54.2 cm³/mol. The van der Waals surface area contributed by atoms with E-state index in [2.05, 4.69) is 6.92 Å². The molecule has 0 aliphatic heterocycles. The molecule has 0 rings (SSSR count). The molecule has 0 spiro atoms. The van der Waals surface area contributed by atoms with Gasteiger partial charge in [0.25, 0.3) is 0 Å². The summed E-state index contributed by atoms with van der Waals surface area (Å²) in [7, 11) is 0. The molecule has 4 heteroatoms. The topological polar surface area (TPSA) is 47.9 Å². The molecule has 1 atom stereocenters.